The molecule has 0 N–H and O–H groups in total. The highest BCUT2D eigenvalue weighted by atomic mass is 14.1. The fourth-order valence-electron chi connectivity index (χ4n) is 2.24. The molecule has 0 aromatic rings. The Kier molecular flexibility index (Phi) is 14.1. The van der Waals surface area contributed by atoms with E-state index < -0.39 is 0 Å². The van der Waals surface area contributed by atoms with Crippen LogP contribution in [0.1, 0.15) is 84.5 Å². The van der Waals surface area contributed by atoms with E-state index in [2.05, 4.69) is 38.7 Å². The van der Waals surface area contributed by atoms with Crippen molar-refractivity contribution in [1.29, 1.82) is 0 Å². The number of hydrogen-bond acceptors (Lipinski definition) is 0. The number of allylic oxidation sites excluding steroid dienone is 3. The van der Waals surface area contributed by atoms with E-state index in [1.54, 1.807) is 0 Å². The molecule has 106 valence electrons. The topological polar surface area (TPSA) is 0 Å². The summed E-state index contributed by atoms with van der Waals surface area (Å²) in [6.45, 7) is 8.50. The van der Waals surface area contributed by atoms with Gasteiger partial charge in [-0.3, -0.25) is 0 Å². The molecule has 18 heavy (non-hydrogen) atoms. The standard InChI is InChI=1S/C18H34/c1-4-7-9-11-13-15-17-18(6-3)16-14-12-10-8-5-2/h6,13,15,18H,3-5,7-12,14,16-17H2,1-2H3/b15-13+. The highest BCUT2D eigenvalue weighted by Gasteiger charge is 2.01. The summed E-state index contributed by atoms with van der Waals surface area (Å²) in [6, 6.07) is 0. The van der Waals surface area contributed by atoms with Crippen molar-refractivity contribution in [3.05, 3.63) is 24.8 Å². The summed E-state index contributed by atoms with van der Waals surface area (Å²) in [5, 5.41) is 0. The van der Waals surface area contributed by atoms with Crippen molar-refractivity contribution in [1.82, 2.24) is 0 Å². The second-order valence-corrected chi connectivity index (χ2v) is 5.40. The first kappa shape index (κ1) is 17.5. The van der Waals surface area contributed by atoms with Crippen LogP contribution in [0, 0.1) is 5.92 Å². The van der Waals surface area contributed by atoms with E-state index in [1.807, 2.05) is 0 Å². The fourth-order valence-corrected chi connectivity index (χ4v) is 2.24. The van der Waals surface area contributed by atoms with E-state index in [1.165, 1.54) is 70.6 Å². The van der Waals surface area contributed by atoms with Gasteiger partial charge < -0.3 is 0 Å². The first-order valence-electron chi connectivity index (χ1n) is 8.12. The van der Waals surface area contributed by atoms with Gasteiger partial charge in [0.15, 0.2) is 0 Å². The molecule has 1 unspecified atom stereocenters. The van der Waals surface area contributed by atoms with Crippen LogP contribution in [-0.4, -0.2) is 0 Å². The lowest BCUT2D eigenvalue weighted by atomic mass is 9.97. The minimum atomic E-state index is 0.703. The predicted molar refractivity (Wildman–Crippen MR) is 85.0 cm³/mol. The summed E-state index contributed by atoms with van der Waals surface area (Å²) in [7, 11) is 0. The number of unbranched alkanes of at least 4 members (excludes halogenated alkanes) is 7. The SMILES string of the molecule is C=CC(C/C=C/CCCCC)CCCCCCC. The zero-order valence-electron chi connectivity index (χ0n) is 12.8. The zero-order chi connectivity index (χ0) is 13.5. The van der Waals surface area contributed by atoms with Crippen LogP contribution in [0.15, 0.2) is 24.8 Å². The Bertz CT molecular complexity index is 190. The molecule has 0 rings (SSSR count). The second kappa shape index (κ2) is 14.5. The maximum absolute atomic E-state index is 3.97. The minimum absolute atomic E-state index is 0.703. The molecule has 0 saturated carbocycles. The van der Waals surface area contributed by atoms with Crippen LogP contribution in [0.5, 0.6) is 0 Å². The molecule has 0 aliphatic carbocycles. The Morgan fingerprint density at radius 2 is 1.50 bits per heavy atom. The van der Waals surface area contributed by atoms with Crippen molar-refractivity contribution in [2.75, 3.05) is 0 Å². The van der Waals surface area contributed by atoms with E-state index in [0.717, 1.165) is 0 Å². The van der Waals surface area contributed by atoms with Crippen LogP contribution >= 0.6 is 0 Å². The molecule has 0 nitrogen and oxygen atoms in total. The monoisotopic (exact) mass is 250 g/mol. The molecule has 1 atom stereocenters. The molecule has 0 aromatic carbocycles. The summed E-state index contributed by atoms with van der Waals surface area (Å²) in [5.41, 5.74) is 0. The molecule has 0 heteroatoms. The Morgan fingerprint density at radius 1 is 0.833 bits per heavy atom. The molecule has 0 fully saturated rings. The Balaban J connectivity index is 3.48. The Labute approximate surface area is 116 Å². The van der Waals surface area contributed by atoms with E-state index in [-0.39, 0.29) is 0 Å². The molecule has 0 saturated heterocycles. The van der Waals surface area contributed by atoms with Gasteiger partial charge in [-0.2, -0.15) is 0 Å². The average Bonchev–Trinajstić information content (AvgIpc) is 2.40. The van der Waals surface area contributed by atoms with Crippen molar-refractivity contribution in [3.8, 4) is 0 Å². The van der Waals surface area contributed by atoms with Crippen LogP contribution in [0.25, 0.3) is 0 Å². The molecule has 0 aliphatic heterocycles. The van der Waals surface area contributed by atoms with Crippen LogP contribution in [-0.2, 0) is 0 Å². The first-order chi connectivity index (χ1) is 8.85. The van der Waals surface area contributed by atoms with Crippen molar-refractivity contribution in [3.63, 3.8) is 0 Å². The Morgan fingerprint density at radius 3 is 2.17 bits per heavy atom. The fraction of sp³-hybridized carbons (Fsp3) is 0.778. The quantitative estimate of drug-likeness (QED) is 0.253. The van der Waals surface area contributed by atoms with E-state index >= 15 is 0 Å². The van der Waals surface area contributed by atoms with E-state index in [0.29, 0.717) is 5.92 Å². The third-order valence-electron chi connectivity index (χ3n) is 3.59. The number of hydrogen-bond donors (Lipinski definition) is 0. The minimum Gasteiger partial charge on any atom is -0.103 e. The van der Waals surface area contributed by atoms with Gasteiger partial charge in [0.1, 0.15) is 0 Å². The van der Waals surface area contributed by atoms with Gasteiger partial charge in [0.2, 0.25) is 0 Å². The third kappa shape index (κ3) is 12.0. The maximum atomic E-state index is 3.97. The number of rotatable bonds is 13. The highest BCUT2D eigenvalue weighted by Crippen LogP contribution is 2.16. The largest absolute Gasteiger partial charge is 0.103 e. The lowest BCUT2D eigenvalue weighted by Crippen LogP contribution is -1.94. The summed E-state index contributed by atoms with van der Waals surface area (Å²) in [5.74, 6) is 0.703. The van der Waals surface area contributed by atoms with Crippen LogP contribution < -0.4 is 0 Å². The Hall–Kier alpha value is -0.520. The van der Waals surface area contributed by atoms with Crippen molar-refractivity contribution >= 4 is 0 Å². The molecule has 0 radical (unpaired) electrons. The van der Waals surface area contributed by atoms with Crippen LogP contribution in [0.2, 0.25) is 0 Å². The lowest BCUT2D eigenvalue weighted by molar-refractivity contribution is 0.527. The van der Waals surface area contributed by atoms with Gasteiger partial charge >= 0.3 is 0 Å². The van der Waals surface area contributed by atoms with Gasteiger partial charge in [0, 0.05) is 0 Å². The summed E-state index contributed by atoms with van der Waals surface area (Å²) in [6.07, 6.45) is 21.6. The van der Waals surface area contributed by atoms with E-state index in [9.17, 15) is 0 Å². The van der Waals surface area contributed by atoms with Gasteiger partial charge in [-0.1, -0.05) is 77.0 Å². The van der Waals surface area contributed by atoms with Gasteiger partial charge in [-0.05, 0) is 31.6 Å². The molecule has 0 amide bonds. The summed E-state index contributed by atoms with van der Waals surface area (Å²) >= 11 is 0. The van der Waals surface area contributed by atoms with E-state index in [4.69, 9.17) is 0 Å². The second-order valence-electron chi connectivity index (χ2n) is 5.40. The first-order valence-corrected chi connectivity index (χ1v) is 8.12. The molecule has 0 heterocycles. The smallest absolute Gasteiger partial charge is 0.0202 e. The highest BCUT2D eigenvalue weighted by molar-refractivity contribution is 4.89. The third-order valence-corrected chi connectivity index (χ3v) is 3.59. The molecular formula is C18H34. The van der Waals surface area contributed by atoms with Gasteiger partial charge in [-0.25, -0.2) is 0 Å². The average molecular weight is 250 g/mol. The summed E-state index contributed by atoms with van der Waals surface area (Å²) in [4.78, 5) is 0. The normalized spacial score (nSPS) is 13.0. The molecule has 0 spiro atoms. The molecule has 0 bridgehead atoms. The van der Waals surface area contributed by atoms with Gasteiger partial charge in [0.25, 0.3) is 0 Å². The van der Waals surface area contributed by atoms with Gasteiger partial charge in [-0.15, -0.1) is 6.58 Å². The van der Waals surface area contributed by atoms with Crippen molar-refractivity contribution < 1.29 is 0 Å². The summed E-state index contributed by atoms with van der Waals surface area (Å²) < 4.78 is 0. The molecule has 0 aliphatic rings. The maximum Gasteiger partial charge on any atom is -0.0202 e. The van der Waals surface area contributed by atoms with Crippen molar-refractivity contribution in [2.45, 2.75) is 84.5 Å². The van der Waals surface area contributed by atoms with Crippen molar-refractivity contribution in [2.24, 2.45) is 5.92 Å². The van der Waals surface area contributed by atoms with Crippen LogP contribution in [0.3, 0.4) is 0 Å². The predicted octanol–water partition coefficient (Wildman–Crippen LogP) is 6.68. The zero-order valence-corrected chi connectivity index (χ0v) is 12.8. The van der Waals surface area contributed by atoms with Gasteiger partial charge in [0.05, 0.1) is 0 Å². The lowest BCUT2D eigenvalue weighted by Gasteiger charge is -2.09. The molecular weight excluding hydrogens is 216 g/mol. The van der Waals surface area contributed by atoms with Crippen LogP contribution in [0.4, 0.5) is 0 Å². The molecule has 0 aromatic heterocycles.